The molecule has 1 aliphatic rings. The van der Waals surface area contributed by atoms with Crippen molar-refractivity contribution >= 4 is 37.4 Å². The van der Waals surface area contributed by atoms with Crippen molar-refractivity contribution < 1.29 is 13.2 Å². The number of carbonyl (C=O) groups is 1. The lowest BCUT2D eigenvalue weighted by Gasteiger charge is -2.12. The Morgan fingerprint density at radius 3 is 2.74 bits per heavy atom. The highest BCUT2D eigenvalue weighted by atomic mass is 79.9. The van der Waals surface area contributed by atoms with Crippen molar-refractivity contribution in [3.8, 4) is 0 Å². The third-order valence-electron chi connectivity index (χ3n) is 2.91. The van der Waals surface area contributed by atoms with E-state index < -0.39 is 9.84 Å². The summed E-state index contributed by atoms with van der Waals surface area (Å²) in [7, 11) is -2.96. The van der Waals surface area contributed by atoms with Crippen molar-refractivity contribution in [2.45, 2.75) is 12.5 Å². The standard InChI is InChI=1S/C12H15BrN2O3S/c13-10-3-1-2-4-11(10)14-7-12(16)15-9-5-6-19(17,18)8-9/h1-4,9,14H,5-8H2,(H,15,16). The maximum absolute atomic E-state index is 11.7. The SMILES string of the molecule is O=C(CNc1ccccc1Br)NC1CCS(=O)(=O)C1. The molecule has 1 aromatic rings. The molecule has 5 nitrogen and oxygen atoms in total. The maximum atomic E-state index is 11.7. The first-order chi connectivity index (χ1) is 8.96. The summed E-state index contributed by atoms with van der Waals surface area (Å²) in [6.07, 6.45) is 0.503. The second-order valence-corrected chi connectivity index (χ2v) is 7.58. The van der Waals surface area contributed by atoms with E-state index in [1.165, 1.54) is 0 Å². The summed E-state index contributed by atoms with van der Waals surface area (Å²) in [6, 6.07) is 7.24. The van der Waals surface area contributed by atoms with Crippen LogP contribution in [0.3, 0.4) is 0 Å². The van der Waals surface area contributed by atoms with Gasteiger partial charge in [0.15, 0.2) is 9.84 Å². The Morgan fingerprint density at radius 1 is 1.37 bits per heavy atom. The predicted molar refractivity (Wildman–Crippen MR) is 77.8 cm³/mol. The van der Waals surface area contributed by atoms with E-state index in [9.17, 15) is 13.2 Å². The minimum atomic E-state index is -2.96. The van der Waals surface area contributed by atoms with Crippen LogP contribution < -0.4 is 10.6 Å². The van der Waals surface area contributed by atoms with E-state index in [0.29, 0.717) is 6.42 Å². The van der Waals surface area contributed by atoms with Gasteiger partial charge in [0.25, 0.3) is 0 Å². The van der Waals surface area contributed by atoms with Crippen LogP contribution in [-0.4, -0.2) is 38.4 Å². The van der Waals surface area contributed by atoms with Gasteiger partial charge < -0.3 is 10.6 Å². The maximum Gasteiger partial charge on any atom is 0.239 e. The normalized spacial score (nSPS) is 21.0. The number of para-hydroxylation sites is 1. The van der Waals surface area contributed by atoms with Crippen molar-refractivity contribution in [2.75, 3.05) is 23.4 Å². The lowest BCUT2D eigenvalue weighted by molar-refractivity contribution is -0.119. The van der Waals surface area contributed by atoms with Gasteiger partial charge in [-0.1, -0.05) is 12.1 Å². The minimum absolute atomic E-state index is 0.0494. The van der Waals surface area contributed by atoms with E-state index in [-0.39, 0.29) is 30.0 Å². The highest BCUT2D eigenvalue weighted by Crippen LogP contribution is 2.20. The zero-order chi connectivity index (χ0) is 13.9. The van der Waals surface area contributed by atoms with E-state index in [0.717, 1.165) is 10.2 Å². The molecule has 0 aliphatic carbocycles. The Balaban J connectivity index is 1.81. The molecule has 2 rings (SSSR count). The Morgan fingerprint density at radius 2 is 2.11 bits per heavy atom. The monoisotopic (exact) mass is 346 g/mol. The number of halogens is 1. The first kappa shape index (κ1) is 14.3. The first-order valence-corrected chi connectivity index (χ1v) is 8.56. The average Bonchev–Trinajstić information content (AvgIpc) is 2.67. The van der Waals surface area contributed by atoms with Gasteiger partial charge in [0.1, 0.15) is 0 Å². The van der Waals surface area contributed by atoms with Crippen LogP contribution >= 0.6 is 15.9 Å². The number of hydrogen-bond donors (Lipinski definition) is 2. The third kappa shape index (κ3) is 4.21. The van der Waals surface area contributed by atoms with Crippen LogP contribution in [0.1, 0.15) is 6.42 Å². The lowest BCUT2D eigenvalue weighted by Crippen LogP contribution is -2.39. The minimum Gasteiger partial charge on any atom is -0.375 e. The molecular weight excluding hydrogens is 332 g/mol. The quantitative estimate of drug-likeness (QED) is 0.857. The number of nitrogens with one attached hydrogen (secondary N) is 2. The van der Waals surface area contributed by atoms with Gasteiger partial charge in [-0.15, -0.1) is 0 Å². The fourth-order valence-corrected chi connectivity index (χ4v) is 4.07. The van der Waals surface area contributed by atoms with Crippen molar-refractivity contribution in [2.24, 2.45) is 0 Å². The number of anilines is 1. The number of benzene rings is 1. The molecule has 1 unspecified atom stereocenters. The average molecular weight is 347 g/mol. The predicted octanol–water partition coefficient (Wildman–Crippen LogP) is 1.16. The Labute approximate surface area is 120 Å². The largest absolute Gasteiger partial charge is 0.375 e. The summed E-state index contributed by atoms with van der Waals surface area (Å²) in [6.45, 7) is 0.124. The molecule has 1 amide bonds. The Kier molecular flexibility index (Phi) is 4.46. The molecule has 0 bridgehead atoms. The van der Waals surface area contributed by atoms with E-state index in [2.05, 4.69) is 26.6 Å². The van der Waals surface area contributed by atoms with Gasteiger partial charge in [0.2, 0.25) is 5.91 Å². The molecule has 1 fully saturated rings. The van der Waals surface area contributed by atoms with E-state index in [1.54, 1.807) is 0 Å². The molecule has 19 heavy (non-hydrogen) atoms. The van der Waals surface area contributed by atoms with Crippen molar-refractivity contribution in [3.05, 3.63) is 28.7 Å². The van der Waals surface area contributed by atoms with Crippen LogP contribution in [0.5, 0.6) is 0 Å². The topological polar surface area (TPSA) is 75.3 Å². The van der Waals surface area contributed by atoms with Crippen molar-refractivity contribution in [1.82, 2.24) is 5.32 Å². The van der Waals surface area contributed by atoms with Gasteiger partial charge >= 0.3 is 0 Å². The molecule has 1 heterocycles. The molecule has 1 saturated heterocycles. The van der Waals surface area contributed by atoms with E-state index >= 15 is 0 Å². The van der Waals surface area contributed by atoms with E-state index in [4.69, 9.17) is 0 Å². The summed E-state index contributed by atoms with van der Waals surface area (Å²) in [5.74, 6) is 0.0153. The lowest BCUT2D eigenvalue weighted by atomic mass is 10.2. The van der Waals surface area contributed by atoms with Gasteiger partial charge in [0, 0.05) is 16.2 Å². The smallest absolute Gasteiger partial charge is 0.239 e. The molecule has 104 valence electrons. The summed E-state index contributed by atoms with van der Waals surface area (Å²) in [5, 5.41) is 5.73. The highest BCUT2D eigenvalue weighted by Gasteiger charge is 2.28. The summed E-state index contributed by atoms with van der Waals surface area (Å²) in [4.78, 5) is 11.7. The summed E-state index contributed by atoms with van der Waals surface area (Å²) < 4.78 is 23.4. The molecule has 0 spiro atoms. The van der Waals surface area contributed by atoms with Gasteiger partial charge in [-0.25, -0.2) is 8.42 Å². The number of rotatable bonds is 4. The molecular formula is C12H15BrN2O3S. The molecule has 1 aromatic carbocycles. The van der Waals surface area contributed by atoms with Crippen LogP contribution in [0, 0.1) is 0 Å². The molecule has 2 N–H and O–H groups in total. The number of sulfone groups is 1. The molecule has 0 radical (unpaired) electrons. The zero-order valence-electron chi connectivity index (χ0n) is 10.2. The fourth-order valence-electron chi connectivity index (χ4n) is 1.97. The van der Waals surface area contributed by atoms with Crippen LogP contribution in [0.25, 0.3) is 0 Å². The Bertz CT molecular complexity index is 574. The summed E-state index contributed by atoms with van der Waals surface area (Å²) >= 11 is 3.38. The number of carbonyl (C=O) groups excluding carboxylic acids is 1. The first-order valence-electron chi connectivity index (χ1n) is 5.94. The van der Waals surface area contributed by atoms with Crippen molar-refractivity contribution in [1.29, 1.82) is 0 Å². The van der Waals surface area contributed by atoms with E-state index in [1.807, 2.05) is 24.3 Å². The van der Waals surface area contributed by atoms with Gasteiger partial charge in [-0.2, -0.15) is 0 Å². The molecule has 0 aromatic heterocycles. The van der Waals surface area contributed by atoms with Gasteiger partial charge in [-0.3, -0.25) is 4.79 Å². The Hall–Kier alpha value is -1.08. The number of amides is 1. The van der Waals surface area contributed by atoms with Crippen LogP contribution in [-0.2, 0) is 14.6 Å². The van der Waals surface area contributed by atoms with Crippen molar-refractivity contribution in [3.63, 3.8) is 0 Å². The molecule has 1 atom stereocenters. The van der Waals surface area contributed by atoms with Gasteiger partial charge in [-0.05, 0) is 34.5 Å². The molecule has 1 aliphatic heterocycles. The summed E-state index contributed by atoms with van der Waals surface area (Å²) in [5.41, 5.74) is 0.830. The third-order valence-corrected chi connectivity index (χ3v) is 5.37. The van der Waals surface area contributed by atoms with Crippen LogP contribution in [0.15, 0.2) is 28.7 Å². The molecule has 0 saturated carbocycles. The zero-order valence-corrected chi connectivity index (χ0v) is 12.6. The second kappa shape index (κ2) is 5.92. The second-order valence-electron chi connectivity index (χ2n) is 4.50. The highest BCUT2D eigenvalue weighted by molar-refractivity contribution is 9.10. The number of hydrogen-bond acceptors (Lipinski definition) is 4. The van der Waals surface area contributed by atoms with Crippen LogP contribution in [0.2, 0.25) is 0 Å². The van der Waals surface area contributed by atoms with Gasteiger partial charge in [0.05, 0.1) is 18.1 Å². The fraction of sp³-hybridized carbons (Fsp3) is 0.417. The molecule has 7 heteroatoms. The van der Waals surface area contributed by atoms with Crippen LogP contribution in [0.4, 0.5) is 5.69 Å².